The van der Waals surface area contributed by atoms with E-state index in [2.05, 4.69) is 76.2 Å². The van der Waals surface area contributed by atoms with Crippen molar-refractivity contribution in [1.29, 1.82) is 0 Å². The second kappa shape index (κ2) is 34.1. The molecule has 332 valence electrons. The summed E-state index contributed by atoms with van der Waals surface area (Å²) in [7, 11) is 0. The van der Waals surface area contributed by atoms with Gasteiger partial charge in [-0.15, -0.1) is 0 Å². The molecule has 2 aromatic rings. The van der Waals surface area contributed by atoms with E-state index in [0.717, 1.165) is 55.5 Å². The molecule has 0 bridgehead atoms. The largest absolute Gasteiger partial charge is 0.493 e. The monoisotopic (exact) mass is 807 g/mol. The van der Waals surface area contributed by atoms with Crippen LogP contribution in [0.2, 0.25) is 0 Å². The zero-order valence-electron chi connectivity index (χ0n) is 39.7. The van der Waals surface area contributed by atoms with Crippen molar-refractivity contribution in [3.8, 4) is 0 Å². The molecule has 0 unspecified atom stereocenters. The summed E-state index contributed by atoms with van der Waals surface area (Å²) in [4.78, 5) is 0. The zero-order valence-corrected chi connectivity index (χ0v) is 39.7. The Bertz CT molecular complexity index is 1410. The van der Waals surface area contributed by atoms with Crippen LogP contribution in [0.4, 0.5) is 0 Å². The van der Waals surface area contributed by atoms with Crippen LogP contribution in [0.15, 0.2) is 59.7 Å². The molecule has 2 nitrogen and oxygen atoms in total. The van der Waals surface area contributed by atoms with E-state index in [1.165, 1.54) is 227 Å². The van der Waals surface area contributed by atoms with Crippen molar-refractivity contribution in [3.05, 3.63) is 87.5 Å². The molecule has 0 saturated carbocycles. The van der Waals surface area contributed by atoms with Crippen LogP contribution in [0.1, 0.15) is 275 Å². The SMILES string of the molecule is CCCCCCCCCCCCCCCCCCCCCCCCCC1=C(c2ccc(CCCC)cc2)[N+](=[N-])C(c2cccc(CCCCCCCC)c2)=C1CCCC. The number of benzene rings is 2. The van der Waals surface area contributed by atoms with E-state index in [1.54, 1.807) is 4.70 Å². The number of hydrogen-bond donors (Lipinski definition) is 0. The Morgan fingerprint density at radius 3 is 1.10 bits per heavy atom. The third-order valence-electron chi connectivity index (χ3n) is 13.2. The van der Waals surface area contributed by atoms with Crippen molar-refractivity contribution >= 4 is 11.4 Å². The molecule has 0 N–H and O–H groups in total. The first-order valence-electron chi connectivity index (χ1n) is 26.3. The van der Waals surface area contributed by atoms with Gasteiger partial charge in [-0.1, -0.05) is 238 Å². The van der Waals surface area contributed by atoms with Gasteiger partial charge >= 0.3 is 0 Å². The molecule has 0 saturated heterocycles. The molecule has 2 aromatic carbocycles. The summed E-state index contributed by atoms with van der Waals surface area (Å²) < 4.78 is 1.60. The topological polar surface area (TPSA) is 25.3 Å². The number of unbranched alkanes of at least 4 members (excludes halogenated alkanes) is 29. The summed E-state index contributed by atoms with van der Waals surface area (Å²) >= 11 is 0. The van der Waals surface area contributed by atoms with Gasteiger partial charge in [0.15, 0.2) is 0 Å². The van der Waals surface area contributed by atoms with Crippen LogP contribution in [0.5, 0.6) is 0 Å². The van der Waals surface area contributed by atoms with Crippen molar-refractivity contribution in [1.82, 2.24) is 0 Å². The minimum absolute atomic E-state index is 1.03. The highest BCUT2D eigenvalue weighted by Crippen LogP contribution is 2.44. The predicted molar refractivity (Wildman–Crippen MR) is 262 cm³/mol. The van der Waals surface area contributed by atoms with Crippen LogP contribution in [-0.2, 0) is 12.8 Å². The molecular weight excluding hydrogens is 713 g/mol. The van der Waals surface area contributed by atoms with Gasteiger partial charge in [-0.2, -0.15) is 0 Å². The molecule has 59 heavy (non-hydrogen) atoms. The molecule has 0 amide bonds. The smallest absolute Gasteiger partial charge is 0.211 e. The fourth-order valence-electron chi connectivity index (χ4n) is 9.42. The van der Waals surface area contributed by atoms with Crippen LogP contribution in [-0.4, -0.2) is 4.70 Å². The van der Waals surface area contributed by atoms with Crippen LogP contribution in [0, 0.1) is 0 Å². The molecular formula is C57H94N2. The van der Waals surface area contributed by atoms with Gasteiger partial charge in [0.05, 0.1) is 0 Å². The van der Waals surface area contributed by atoms with Crippen LogP contribution < -0.4 is 0 Å². The maximum Gasteiger partial charge on any atom is 0.211 e. The molecule has 0 fully saturated rings. The summed E-state index contributed by atoms with van der Waals surface area (Å²) in [6.45, 7) is 9.17. The first-order chi connectivity index (χ1) is 29.1. The lowest BCUT2D eigenvalue weighted by molar-refractivity contribution is -0.345. The fraction of sp³-hybridized carbons (Fsp3) is 0.719. The minimum atomic E-state index is 1.03. The second-order valence-corrected chi connectivity index (χ2v) is 18.6. The van der Waals surface area contributed by atoms with E-state index in [-0.39, 0.29) is 0 Å². The van der Waals surface area contributed by atoms with Gasteiger partial charge in [0, 0.05) is 22.3 Å². The average molecular weight is 807 g/mol. The van der Waals surface area contributed by atoms with Gasteiger partial charge in [0.25, 0.3) is 0 Å². The summed E-state index contributed by atoms with van der Waals surface area (Å²) in [5.74, 6) is 0. The summed E-state index contributed by atoms with van der Waals surface area (Å²) in [5.41, 5.74) is 22.2. The van der Waals surface area contributed by atoms with Gasteiger partial charge in [-0.05, 0) is 86.8 Å². The normalized spacial score (nSPS) is 13.1. The highest BCUT2D eigenvalue weighted by molar-refractivity contribution is 5.82. The van der Waals surface area contributed by atoms with Gasteiger partial charge < -0.3 is 5.53 Å². The number of allylic oxidation sites excluding steroid dienone is 2. The van der Waals surface area contributed by atoms with E-state index in [1.807, 2.05) is 0 Å². The summed E-state index contributed by atoms with van der Waals surface area (Å²) in [5, 5.41) is 0. The van der Waals surface area contributed by atoms with Crippen LogP contribution in [0.25, 0.3) is 16.9 Å². The molecule has 3 rings (SSSR count). The Hall–Kier alpha value is -2.48. The van der Waals surface area contributed by atoms with Gasteiger partial charge in [-0.3, -0.25) is 0 Å². The maximum atomic E-state index is 12.2. The molecule has 0 spiro atoms. The van der Waals surface area contributed by atoms with Crippen LogP contribution in [0.3, 0.4) is 0 Å². The Balaban J connectivity index is 1.45. The molecule has 0 aliphatic carbocycles. The Morgan fingerprint density at radius 1 is 0.322 bits per heavy atom. The first-order valence-corrected chi connectivity index (χ1v) is 26.3. The van der Waals surface area contributed by atoms with E-state index in [0.29, 0.717) is 0 Å². The molecule has 1 heterocycles. The second-order valence-electron chi connectivity index (χ2n) is 18.6. The van der Waals surface area contributed by atoms with Crippen molar-refractivity contribution in [2.45, 2.75) is 265 Å². The number of hydrogen-bond acceptors (Lipinski definition) is 0. The summed E-state index contributed by atoms with van der Waals surface area (Å²) in [6, 6.07) is 18.3. The van der Waals surface area contributed by atoms with Crippen molar-refractivity contribution in [2.24, 2.45) is 0 Å². The standard InChI is InChI=1S/C57H94N2/c1-5-9-13-15-17-18-19-20-21-22-23-24-25-26-27-28-29-30-31-32-33-35-37-44-55-54(43-12-8-4)57(53-42-38-41-51(49-53)40-36-34-16-14-10-6-2)59(58)56(55)52-47-45-50(46-48-52)39-11-7-3/h38,41-42,45-49H,5-37,39-40,43-44H2,1-4H3. The highest BCUT2D eigenvalue weighted by Gasteiger charge is 2.35. The Kier molecular flexibility index (Phi) is 29.4. The fourth-order valence-corrected chi connectivity index (χ4v) is 9.42. The number of aryl methyl sites for hydroxylation is 2. The van der Waals surface area contributed by atoms with E-state index in [4.69, 9.17) is 0 Å². The van der Waals surface area contributed by atoms with E-state index < -0.39 is 0 Å². The Morgan fingerprint density at radius 2 is 0.661 bits per heavy atom. The minimum Gasteiger partial charge on any atom is -0.493 e. The lowest BCUT2D eigenvalue weighted by Gasteiger charge is -2.11. The first kappa shape index (κ1) is 50.9. The lowest BCUT2D eigenvalue weighted by Crippen LogP contribution is -2.03. The van der Waals surface area contributed by atoms with E-state index >= 15 is 0 Å². The maximum absolute atomic E-state index is 12.2. The van der Waals surface area contributed by atoms with Crippen molar-refractivity contribution < 1.29 is 4.70 Å². The summed E-state index contributed by atoms with van der Waals surface area (Å²) in [6.07, 6.45) is 49.6. The van der Waals surface area contributed by atoms with Gasteiger partial charge in [0.2, 0.25) is 11.4 Å². The third-order valence-corrected chi connectivity index (χ3v) is 13.2. The lowest BCUT2D eigenvalue weighted by atomic mass is 9.91. The van der Waals surface area contributed by atoms with Crippen LogP contribution >= 0.6 is 0 Å². The Labute approximate surface area is 367 Å². The molecule has 1 aliphatic rings. The number of rotatable bonds is 39. The van der Waals surface area contributed by atoms with E-state index in [9.17, 15) is 5.53 Å². The predicted octanol–water partition coefficient (Wildman–Crippen LogP) is 19.7. The van der Waals surface area contributed by atoms with Gasteiger partial charge in [-0.25, -0.2) is 4.70 Å². The molecule has 0 atom stereocenters. The molecule has 0 aromatic heterocycles. The number of nitrogens with zero attached hydrogens (tertiary/aromatic N) is 2. The van der Waals surface area contributed by atoms with Gasteiger partial charge in [0.1, 0.15) is 0 Å². The molecule has 0 radical (unpaired) electrons. The molecule has 2 heteroatoms. The average Bonchev–Trinajstić information content (AvgIpc) is 3.53. The highest BCUT2D eigenvalue weighted by atomic mass is 15.2. The molecule has 1 aliphatic heterocycles. The zero-order chi connectivity index (χ0) is 42.0. The van der Waals surface area contributed by atoms with Crippen molar-refractivity contribution in [3.63, 3.8) is 0 Å². The van der Waals surface area contributed by atoms with Crippen molar-refractivity contribution in [2.75, 3.05) is 0 Å². The third kappa shape index (κ3) is 21.2. The quantitative estimate of drug-likeness (QED) is 0.0475.